The van der Waals surface area contributed by atoms with Crippen molar-refractivity contribution in [2.24, 2.45) is 0 Å². The molecule has 0 heterocycles. The van der Waals surface area contributed by atoms with Crippen LogP contribution in [0.1, 0.15) is 25.0 Å². The number of rotatable bonds is 0. The van der Waals surface area contributed by atoms with Crippen molar-refractivity contribution >= 4 is 45.2 Å². The Labute approximate surface area is 129 Å². The largest absolute Gasteiger partial charge is 0.0606 e. The molecular formula is C15H12I2. The van der Waals surface area contributed by atoms with Gasteiger partial charge < -0.3 is 0 Å². The van der Waals surface area contributed by atoms with Crippen LogP contribution in [0.5, 0.6) is 0 Å². The fourth-order valence-corrected chi connectivity index (χ4v) is 5.24. The Hall–Kier alpha value is -0.100. The normalized spacial score (nSPS) is 15.5. The van der Waals surface area contributed by atoms with E-state index >= 15 is 0 Å². The molecule has 0 saturated carbocycles. The van der Waals surface area contributed by atoms with Crippen LogP contribution in [0, 0.1) is 7.14 Å². The zero-order valence-corrected chi connectivity index (χ0v) is 14.0. The molecule has 0 aliphatic heterocycles. The van der Waals surface area contributed by atoms with Crippen LogP contribution < -0.4 is 0 Å². The van der Waals surface area contributed by atoms with Gasteiger partial charge in [0.05, 0.1) is 0 Å². The molecule has 0 aromatic heterocycles. The monoisotopic (exact) mass is 446 g/mol. The minimum Gasteiger partial charge on any atom is -0.0606 e. The summed E-state index contributed by atoms with van der Waals surface area (Å²) in [6.45, 7) is 4.67. The summed E-state index contributed by atoms with van der Waals surface area (Å²) in [5, 5.41) is 0. The van der Waals surface area contributed by atoms with E-state index in [1.54, 1.807) is 0 Å². The molecule has 0 bridgehead atoms. The zero-order chi connectivity index (χ0) is 12.2. The van der Waals surface area contributed by atoms with E-state index in [1.807, 2.05) is 0 Å². The van der Waals surface area contributed by atoms with Crippen LogP contribution in [-0.4, -0.2) is 0 Å². The fraction of sp³-hybridized carbons (Fsp3) is 0.200. The van der Waals surface area contributed by atoms with E-state index in [0.29, 0.717) is 0 Å². The Morgan fingerprint density at radius 2 is 1.18 bits per heavy atom. The third kappa shape index (κ3) is 1.59. The molecule has 2 aromatic rings. The van der Waals surface area contributed by atoms with E-state index in [4.69, 9.17) is 0 Å². The van der Waals surface area contributed by atoms with Crippen LogP contribution in [0.15, 0.2) is 36.4 Å². The molecule has 86 valence electrons. The van der Waals surface area contributed by atoms with Gasteiger partial charge in [0.15, 0.2) is 0 Å². The number of halogens is 2. The van der Waals surface area contributed by atoms with E-state index < -0.39 is 0 Å². The summed E-state index contributed by atoms with van der Waals surface area (Å²) in [4.78, 5) is 0. The van der Waals surface area contributed by atoms with Crippen LogP contribution in [0.2, 0.25) is 0 Å². The van der Waals surface area contributed by atoms with E-state index in [-0.39, 0.29) is 5.41 Å². The summed E-state index contributed by atoms with van der Waals surface area (Å²) < 4.78 is 2.74. The number of hydrogen-bond acceptors (Lipinski definition) is 0. The first-order chi connectivity index (χ1) is 8.03. The number of fused-ring (bicyclic) bond motifs is 3. The van der Waals surface area contributed by atoms with Gasteiger partial charge in [0.2, 0.25) is 0 Å². The lowest BCUT2D eigenvalue weighted by Gasteiger charge is -2.23. The van der Waals surface area contributed by atoms with Gasteiger partial charge >= 0.3 is 0 Å². The van der Waals surface area contributed by atoms with Crippen molar-refractivity contribution in [2.45, 2.75) is 19.3 Å². The quantitative estimate of drug-likeness (QED) is 0.489. The molecule has 0 atom stereocenters. The molecule has 0 nitrogen and oxygen atoms in total. The van der Waals surface area contributed by atoms with Gasteiger partial charge in [-0.15, -0.1) is 0 Å². The van der Waals surface area contributed by atoms with Crippen molar-refractivity contribution in [3.8, 4) is 11.1 Å². The summed E-state index contributed by atoms with van der Waals surface area (Å²) in [5.74, 6) is 0. The molecule has 0 unspecified atom stereocenters. The first kappa shape index (κ1) is 12.0. The molecule has 2 aromatic carbocycles. The van der Waals surface area contributed by atoms with Gasteiger partial charge in [-0.2, -0.15) is 0 Å². The maximum atomic E-state index is 2.46. The molecule has 1 aliphatic rings. The van der Waals surface area contributed by atoms with Gasteiger partial charge in [0, 0.05) is 12.6 Å². The molecule has 1 aliphatic carbocycles. The van der Waals surface area contributed by atoms with Gasteiger partial charge in [-0.05, 0) is 79.6 Å². The van der Waals surface area contributed by atoms with E-state index in [1.165, 1.54) is 29.4 Å². The molecular weight excluding hydrogens is 434 g/mol. The summed E-state index contributed by atoms with van der Waals surface area (Å²) >= 11 is 4.92. The maximum Gasteiger partial charge on any atom is 0.0179 e. The van der Waals surface area contributed by atoms with Crippen LogP contribution in [-0.2, 0) is 5.41 Å². The Bertz CT molecular complexity index is 559. The smallest absolute Gasteiger partial charge is 0.0179 e. The molecule has 0 saturated heterocycles. The lowest BCUT2D eigenvalue weighted by atomic mass is 9.82. The lowest BCUT2D eigenvalue weighted by Crippen LogP contribution is -2.17. The fourth-order valence-electron chi connectivity index (χ4n) is 2.89. The molecule has 0 spiro atoms. The summed E-state index contributed by atoms with van der Waals surface area (Å²) in [7, 11) is 0. The number of hydrogen-bond donors (Lipinski definition) is 0. The van der Waals surface area contributed by atoms with Crippen molar-refractivity contribution < 1.29 is 0 Å². The summed E-state index contributed by atoms with van der Waals surface area (Å²) in [6.07, 6.45) is 0. The van der Waals surface area contributed by atoms with Crippen LogP contribution >= 0.6 is 45.2 Å². The van der Waals surface area contributed by atoms with Crippen LogP contribution in [0.3, 0.4) is 0 Å². The van der Waals surface area contributed by atoms with E-state index in [9.17, 15) is 0 Å². The Morgan fingerprint density at radius 3 is 1.59 bits per heavy atom. The van der Waals surface area contributed by atoms with Crippen molar-refractivity contribution in [2.75, 3.05) is 0 Å². The maximum absolute atomic E-state index is 2.46. The lowest BCUT2D eigenvalue weighted by molar-refractivity contribution is 0.653. The highest BCUT2D eigenvalue weighted by Gasteiger charge is 2.38. The second-order valence-corrected chi connectivity index (χ2v) is 7.27. The summed E-state index contributed by atoms with van der Waals surface area (Å²) in [5.41, 5.74) is 5.92. The molecule has 17 heavy (non-hydrogen) atoms. The molecule has 0 amide bonds. The molecule has 2 heteroatoms. The Kier molecular flexibility index (Phi) is 2.78. The third-order valence-electron chi connectivity index (χ3n) is 3.57. The standard InChI is InChI=1S/C15H12I2/c1-15(2)13-9(5-3-7-11(13)16)10-6-4-8-12(17)14(10)15/h3-8H,1-2H3. The minimum absolute atomic E-state index is 0.125. The van der Waals surface area contributed by atoms with Crippen molar-refractivity contribution in [3.05, 3.63) is 54.7 Å². The minimum atomic E-state index is 0.125. The molecule has 0 fully saturated rings. The SMILES string of the molecule is CC1(C)c2c(I)cccc2-c2cccc(I)c21. The van der Waals surface area contributed by atoms with Gasteiger partial charge in [0.25, 0.3) is 0 Å². The van der Waals surface area contributed by atoms with Crippen LogP contribution in [0.4, 0.5) is 0 Å². The Balaban J connectivity index is 2.46. The topological polar surface area (TPSA) is 0 Å². The van der Waals surface area contributed by atoms with Crippen molar-refractivity contribution in [1.29, 1.82) is 0 Å². The highest BCUT2D eigenvalue weighted by atomic mass is 127. The molecule has 3 rings (SSSR count). The van der Waals surface area contributed by atoms with Crippen LogP contribution in [0.25, 0.3) is 11.1 Å². The van der Waals surface area contributed by atoms with Gasteiger partial charge in [-0.1, -0.05) is 38.1 Å². The second-order valence-electron chi connectivity index (χ2n) is 4.95. The first-order valence-electron chi connectivity index (χ1n) is 5.62. The van der Waals surface area contributed by atoms with Crippen molar-refractivity contribution in [3.63, 3.8) is 0 Å². The number of benzene rings is 2. The molecule has 0 N–H and O–H groups in total. The van der Waals surface area contributed by atoms with Gasteiger partial charge in [-0.3, -0.25) is 0 Å². The average molecular weight is 446 g/mol. The average Bonchev–Trinajstić information content (AvgIpc) is 2.50. The van der Waals surface area contributed by atoms with Gasteiger partial charge in [-0.25, -0.2) is 0 Å². The van der Waals surface area contributed by atoms with Crippen molar-refractivity contribution in [1.82, 2.24) is 0 Å². The molecule has 0 radical (unpaired) electrons. The van der Waals surface area contributed by atoms with E-state index in [2.05, 4.69) is 95.4 Å². The second kappa shape index (κ2) is 3.95. The highest BCUT2D eigenvalue weighted by molar-refractivity contribution is 14.1. The highest BCUT2D eigenvalue weighted by Crippen LogP contribution is 2.51. The first-order valence-corrected chi connectivity index (χ1v) is 7.77. The Morgan fingerprint density at radius 1 is 0.765 bits per heavy atom. The predicted molar refractivity (Wildman–Crippen MR) is 89.4 cm³/mol. The summed E-state index contributed by atoms with van der Waals surface area (Å²) in [6, 6.07) is 13.2. The zero-order valence-electron chi connectivity index (χ0n) is 9.72. The van der Waals surface area contributed by atoms with E-state index in [0.717, 1.165) is 0 Å². The predicted octanol–water partition coefficient (Wildman–Crippen LogP) is 5.20. The third-order valence-corrected chi connectivity index (χ3v) is 5.37. The van der Waals surface area contributed by atoms with Gasteiger partial charge in [0.1, 0.15) is 0 Å².